The van der Waals surface area contributed by atoms with Crippen molar-refractivity contribution < 1.29 is 9.90 Å². The van der Waals surface area contributed by atoms with Crippen LogP contribution >= 0.6 is 11.8 Å². The van der Waals surface area contributed by atoms with Crippen molar-refractivity contribution in [3.8, 4) is 0 Å². The van der Waals surface area contributed by atoms with E-state index in [-0.39, 0.29) is 11.9 Å². The molecule has 1 saturated heterocycles. The summed E-state index contributed by atoms with van der Waals surface area (Å²) in [7, 11) is 0. The second kappa shape index (κ2) is 7.59. The summed E-state index contributed by atoms with van der Waals surface area (Å²) in [5.74, 6) is 0.658. The van der Waals surface area contributed by atoms with Gasteiger partial charge >= 0.3 is 0 Å². The number of thioether (sulfide) groups is 1. The van der Waals surface area contributed by atoms with Crippen LogP contribution in [0, 0.1) is 0 Å². The van der Waals surface area contributed by atoms with Gasteiger partial charge in [-0.25, -0.2) is 4.98 Å². The molecule has 0 saturated carbocycles. The minimum absolute atomic E-state index is 0.151. The quantitative estimate of drug-likeness (QED) is 0.724. The van der Waals surface area contributed by atoms with Crippen molar-refractivity contribution in [2.45, 2.75) is 22.9 Å². The molecule has 0 unspecified atom stereocenters. The lowest BCUT2D eigenvalue weighted by atomic mass is 10.1. The van der Waals surface area contributed by atoms with Crippen LogP contribution in [-0.2, 0) is 5.75 Å². The van der Waals surface area contributed by atoms with Gasteiger partial charge in [-0.2, -0.15) is 0 Å². The number of pyridine rings is 1. The number of aliphatic hydroxyl groups excluding tert-OH is 1. The van der Waals surface area contributed by atoms with Crippen molar-refractivity contribution in [2.75, 3.05) is 13.1 Å². The molecule has 1 aromatic heterocycles. The van der Waals surface area contributed by atoms with Gasteiger partial charge in [0.1, 0.15) is 0 Å². The van der Waals surface area contributed by atoms with Gasteiger partial charge in [-0.3, -0.25) is 4.79 Å². The molecular formula is C17H19N3O2S. The molecule has 1 aliphatic heterocycles. The number of aliphatic hydroxyl groups is 1. The molecule has 0 bridgehead atoms. The Labute approximate surface area is 139 Å². The standard InChI is InChI=1S/C17H19N3O2S/c21-15-10-18-9-14(15)20-17(22)13-6-4-12(5-7-13)11-23-16-3-1-2-8-19-16/h1-8,14-15,18,21H,9-11H2,(H,20,22)/t14-,15-/m1/s1. The van der Waals surface area contributed by atoms with E-state index in [1.807, 2.05) is 42.5 Å². The highest BCUT2D eigenvalue weighted by molar-refractivity contribution is 7.98. The van der Waals surface area contributed by atoms with Gasteiger partial charge in [-0.1, -0.05) is 18.2 Å². The highest BCUT2D eigenvalue weighted by Crippen LogP contribution is 2.20. The maximum Gasteiger partial charge on any atom is 0.251 e. The van der Waals surface area contributed by atoms with E-state index in [2.05, 4.69) is 15.6 Å². The van der Waals surface area contributed by atoms with Crippen molar-refractivity contribution >= 4 is 17.7 Å². The summed E-state index contributed by atoms with van der Waals surface area (Å²) in [4.78, 5) is 16.4. The van der Waals surface area contributed by atoms with Gasteiger partial charge in [0.15, 0.2) is 0 Å². The number of rotatable bonds is 5. The van der Waals surface area contributed by atoms with Crippen LogP contribution in [0.2, 0.25) is 0 Å². The Hall–Kier alpha value is -1.89. The number of carbonyl (C=O) groups is 1. The van der Waals surface area contributed by atoms with Gasteiger partial charge in [0, 0.05) is 30.6 Å². The average molecular weight is 329 g/mol. The summed E-state index contributed by atoms with van der Waals surface area (Å²) in [5.41, 5.74) is 1.75. The fourth-order valence-corrected chi connectivity index (χ4v) is 3.22. The molecule has 5 nitrogen and oxygen atoms in total. The summed E-state index contributed by atoms with van der Waals surface area (Å²) in [6.07, 6.45) is 1.26. The Balaban J connectivity index is 1.55. The second-order valence-electron chi connectivity index (χ2n) is 5.46. The number of nitrogens with zero attached hydrogens (tertiary/aromatic N) is 1. The molecule has 2 atom stereocenters. The fraction of sp³-hybridized carbons (Fsp3) is 0.294. The van der Waals surface area contributed by atoms with Crippen LogP contribution in [-0.4, -0.2) is 41.2 Å². The Kier molecular flexibility index (Phi) is 5.27. The molecule has 2 heterocycles. The average Bonchev–Trinajstić information content (AvgIpc) is 2.99. The van der Waals surface area contributed by atoms with Crippen LogP contribution in [0.3, 0.4) is 0 Å². The van der Waals surface area contributed by atoms with Crippen molar-refractivity contribution in [3.05, 3.63) is 59.8 Å². The fourth-order valence-electron chi connectivity index (χ4n) is 2.41. The molecule has 0 radical (unpaired) electrons. The van der Waals surface area contributed by atoms with E-state index in [1.54, 1.807) is 18.0 Å². The van der Waals surface area contributed by atoms with E-state index in [0.29, 0.717) is 18.7 Å². The molecule has 1 amide bonds. The molecular weight excluding hydrogens is 310 g/mol. The maximum atomic E-state index is 12.2. The van der Waals surface area contributed by atoms with Crippen LogP contribution in [0.15, 0.2) is 53.7 Å². The molecule has 1 fully saturated rings. The predicted octanol–water partition coefficient (Wildman–Crippen LogP) is 1.44. The normalized spacial score (nSPS) is 20.4. The van der Waals surface area contributed by atoms with Gasteiger partial charge in [0.2, 0.25) is 0 Å². The van der Waals surface area contributed by atoms with Crippen molar-refractivity contribution in [1.29, 1.82) is 0 Å². The topological polar surface area (TPSA) is 74.2 Å². The monoisotopic (exact) mass is 329 g/mol. The molecule has 120 valence electrons. The number of amides is 1. The summed E-state index contributed by atoms with van der Waals surface area (Å²) in [5, 5.41) is 16.6. The number of β-amino-alcohol motifs (C(OH)–C–C–N with tert-alkyl or cyclic N) is 1. The van der Waals surface area contributed by atoms with Crippen LogP contribution in [0.4, 0.5) is 0 Å². The number of hydrogen-bond donors (Lipinski definition) is 3. The number of carbonyl (C=O) groups excluding carboxylic acids is 1. The van der Waals surface area contributed by atoms with Gasteiger partial charge in [-0.15, -0.1) is 11.8 Å². The summed E-state index contributed by atoms with van der Waals surface area (Å²) in [6, 6.07) is 13.2. The number of benzene rings is 1. The first kappa shape index (κ1) is 16.0. The Morgan fingerprint density at radius 3 is 2.74 bits per heavy atom. The smallest absolute Gasteiger partial charge is 0.251 e. The van der Waals surface area contributed by atoms with Gasteiger partial charge in [-0.05, 0) is 29.8 Å². The molecule has 2 aromatic rings. The van der Waals surface area contributed by atoms with E-state index in [0.717, 1.165) is 16.3 Å². The largest absolute Gasteiger partial charge is 0.390 e. The van der Waals surface area contributed by atoms with Crippen molar-refractivity contribution in [1.82, 2.24) is 15.6 Å². The zero-order chi connectivity index (χ0) is 16.1. The van der Waals surface area contributed by atoms with Crippen LogP contribution in [0.25, 0.3) is 0 Å². The third kappa shape index (κ3) is 4.31. The first-order chi connectivity index (χ1) is 11.2. The van der Waals surface area contributed by atoms with Crippen LogP contribution in [0.5, 0.6) is 0 Å². The third-order valence-electron chi connectivity index (χ3n) is 3.74. The lowest BCUT2D eigenvalue weighted by Crippen LogP contribution is -2.42. The highest BCUT2D eigenvalue weighted by Gasteiger charge is 2.26. The van der Waals surface area contributed by atoms with Crippen molar-refractivity contribution in [2.24, 2.45) is 0 Å². The molecule has 1 aromatic carbocycles. The minimum atomic E-state index is -0.520. The molecule has 1 aliphatic rings. The lowest BCUT2D eigenvalue weighted by molar-refractivity contribution is 0.0888. The number of hydrogen-bond acceptors (Lipinski definition) is 5. The number of aromatic nitrogens is 1. The van der Waals surface area contributed by atoms with Crippen LogP contribution < -0.4 is 10.6 Å². The molecule has 0 aliphatic carbocycles. The van der Waals surface area contributed by atoms with E-state index < -0.39 is 6.10 Å². The zero-order valence-corrected chi connectivity index (χ0v) is 13.4. The number of nitrogens with one attached hydrogen (secondary N) is 2. The Morgan fingerprint density at radius 1 is 1.26 bits per heavy atom. The predicted molar refractivity (Wildman–Crippen MR) is 90.4 cm³/mol. The first-order valence-electron chi connectivity index (χ1n) is 7.55. The summed E-state index contributed by atoms with van der Waals surface area (Å²) < 4.78 is 0. The molecule has 6 heteroatoms. The van der Waals surface area contributed by atoms with E-state index >= 15 is 0 Å². The Bertz CT molecular complexity index is 649. The van der Waals surface area contributed by atoms with Gasteiger partial charge in [0.05, 0.1) is 17.2 Å². The SMILES string of the molecule is O=C(N[C@@H]1CNC[C@H]1O)c1ccc(CSc2ccccn2)cc1. The highest BCUT2D eigenvalue weighted by atomic mass is 32.2. The molecule has 3 N–H and O–H groups in total. The molecule has 0 spiro atoms. The Morgan fingerprint density at radius 2 is 2.09 bits per heavy atom. The van der Waals surface area contributed by atoms with Gasteiger partial charge < -0.3 is 15.7 Å². The van der Waals surface area contributed by atoms with E-state index in [4.69, 9.17) is 0 Å². The van der Waals surface area contributed by atoms with Crippen molar-refractivity contribution in [3.63, 3.8) is 0 Å². The molecule has 23 heavy (non-hydrogen) atoms. The van der Waals surface area contributed by atoms with E-state index in [1.165, 1.54) is 0 Å². The molecule has 3 rings (SSSR count). The summed E-state index contributed by atoms with van der Waals surface area (Å²) >= 11 is 1.66. The lowest BCUT2D eigenvalue weighted by Gasteiger charge is -2.15. The minimum Gasteiger partial charge on any atom is -0.390 e. The van der Waals surface area contributed by atoms with Crippen LogP contribution in [0.1, 0.15) is 15.9 Å². The third-order valence-corrected chi connectivity index (χ3v) is 4.75. The van der Waals surface area contributed by atoms with E-state index in [9.17, 15) is 9.90 Å². The zero-order valence-electron chi connectivity index (χ0n) is 12.6. The first-order valence-corrected chi connectivity index (χ1v) is 8.53. The van der Waals surface area contributed by atoms with Gasteiger partial charge in [0.25, 0.3) is 5.91 Å². The summed E-state index contributed by atoms with van der Waals surface area (Å²) in [6.45, 7) is 1.13. The maximum absolute atomic E-state index is 12.2. The second-order valence-corrected chi connectivity index (χ2v) is 6.45.